The maximum atomic E-state index is 2.70. The van der Waals surface area contributed by atoms with Gasteiger partial charge in [0.15, 0.2) is 0 Å². The van der Waals surface area contributed by atoms with E-state index in [-0.39, 0.29) is 0 Å². The van der Waals surface area contributed by atoms with Gasteiger partial charge in [-0.25, -0.2) is 0 Å². The average molecular weight is 243 g/mol. The summed E-state index contributed by atoms with van der Waals surface area (Å²) in [5.74, 6) is 0.760. The van der Waals surface area contributed by atoms with E-state index in [0.717, 1.165) is 5.92 Å². The minimum absolute atomic E-state index is 0.440. The van der Waals surface area contributed by atoms with Gasteiger partial charge in [0.25, 0.3) is 0 Å². The summed E-state index contributed by atoms with van der Waals surface area (Å²) < 4.78 is 0. The summed E-state index contributed by atoms with van der Waals surface area (Å²) in [6.07, 6.45) is 5.25. The van der Waals surface area contributed by atoms with Crippen LogP contribution in [0.2, 0.25) is 0 Å². The Bertz CT molecular complexity index is 443. The molecule has 3 rings (SSSR count). The van der Waals surface area contributed by atoms with Gasteiger partial charge in [0.05, 0.1) is 0 Å². The lowest BCUT2D eigenvalue weighted by Crippen LogP contribution is -2.41. The minimum Gasteiger partial charge on any atom is -0.294 e. The largest absolute Gasteiger partial charge is 0.294 e. The summed E-state index contributed by atoms with van der Waals surface area (Å²) in [6, 6.07) is 7.04. The van der Waals surface area contributed by atoms with Gasteiger partial charge >= 0.3 is 0 Å². The molecule has 98 valence electrons. The van der Waals surface area contributed by atoms with Crippen molar-refractivity contribution in [2.75, 3.05) is 13.1 Å². The molecule has 0 unspecified atom stereocenters. The number of nitrogens with zero attached hydrogens (tertiary/aromatic N) is 1. The standard InChI is InChI=1S/C17H25N/c1-4-18-11-8-15-14(12-13(2)3)6-5-7-16(15)17(18)9-10-17/h5-7,13H,4,8-12H2,1-3H3. The van der Waals surface area contributed by atoms with Crippen molar-refractivity contribution in [1.82, 2.24) is 4.90 Å². The highest BCUT2D eigenvalue weighted by atomic mass is 15.2. The Morgan fingerprint density at radius 2 is 2.06 bits per heavy atom. The third-order valence-corrected chi connectivity index (χ3v) is 4.74. The summed E-state index contributed by atoms with van der Waals surface area (Å²) in [7, 11) is 0. The first-order valence-corrected chi connectivity index (χ1v) is 7.53. The highest BCUT2D eigenvalue weighted by molar-refractivity contribution is 5.45. The molecule has 1 aliphatic carbocycles. The van der Waals surface area contributed by atoms with Crippen LogP contribution < -0.4 is 0 Å². The molecule has 0 atom stereocenters. The molecule has 1 spiro atoms. The van der Waals surface area contributed by atoms with Gasteiger partial charge in [-0.05, 0) is 54.8 Å². The Hall–Kier alpha value is -0.820. The van der Waals surface area contributed by atoms with Gasteiger partial charge in [0.2, 0.25) is 0 Å². The monoisotopic (exact) mass is 243 g/mol. The van der Waals surface area contributed by atoms with Gasteiger partial charge in [-0.1, -0.05) is 39.0 Å². The molecule has 1 aliphatic heterocycles. The van der Waals surface area contributed by atoms with Crippen LogP contribution in [-0.4, -0.2) is 18.0 Å². The summed E-state index contributed by atoms with van der Waals surface area (Å²) in [4.78, 5) is 2.70. The van der Waals surface area contributed by atoms with Crippen molar-refractivity contribution < 1.29 is 0 Å². The van der Waals surface area contributed by atoms with E-state index in [9.17, 15) is 0 Å². The molecule has 18 heavy (non-hydrogen) atoms. The molecule has 1 heteroatoms. The molecule has 1 fully saturated rings. The Morgan fingerprint density at radius 3 is 2.67 bits per heavy atom. The van der Waals surface area contributed by atoms with E-state index in [0.29, 0.717) is 5.54 Å². The second-order valence-electron chi connectivity index (χ2n) is 6.40. The van der Waals surface area contributed by atoms with Crippen LogP contribution in [0.25, 0.3) is 0 Å². The fraction of sp³-hybridized carbons (Fsp3) is 0.647. The van der Waals surface area contributed by atoms with Gasteiger partial charge in [-0.3, -0.25) is 4.90 Å². The van der Waals surface area contributed by atoms with Crippen molar-refractivity contribution in [1.29, 1.82) is 0 Å². The molecule has 0 aromatic heterocycles. The van der Waals surface area contributed by atoms with Gasteiger partial charge in [0.1, 0.15) is 0 Å². The lowest BCUT2D eigenvalue weighted by molar-refractivity contribution is 0.173. The van der Waals surface area contributed by atoms with E-state index in [1.54, 1.807) is 16.7 Å². The van der Waals surface area contributed by atoms with Crippen LogP contribution in [0.3, 0.4) is 0 Å². The molecule has 1 aromatic rings. The summed E-state index contributed by atoms with van der Waals surface area (Å²) >= 11 is 0. The number of hydrogen-bond donors (Lipinski definition) is 0. The molecule has 1 heterocycles. The molecule has 2 aliphatic rings. The average Bonchev–Trinajstić information content (AvgIpc) is 3.11. The Morgan fingerprint density at radius 1 is 1.28 bits per heavy atom. The lowest BCUT2D eigenvalue weighted by atomic mass is 9.85. The zero-order chi connectivity index (χ0) is 12.8. The molecular formula is C17H25N. The number of likely N-dealkylation sites (N-methyl/N-ethyl adjacent to an activating group) is 1. The third kappa shape index (κ3) is 1.80. The van der Waals surface area contributed by atoms with Crippen molar-refractivity contribution in [2.45, 2.75) is 52.0 Å². The molecule has 0 N–H and O–H groups in total. The second kappa shape index (κ2) is 4.38. The summed E-state index contributed by atoms with van der Waals surface area (Å²) in [6.45, 7) is 9.43. The minimum atomic E-state index is 0.440. The predicted octanol–water partition coefficient (Wildman–Crippen LogP) is 3.75. The van der Waals surface area contributed by atoms with Crippen LogP contribution in [0.5, 0.6) is 0 Å². The maximum Gasteiger partial charge on any atom is 0.0465 e. The first kappa shape index (κ1) is 12.2. The zero-order valence-corrected chi connectivity index (χ0v) is 12.0. The number of fused-ring (bicyclic) bond motifs is 2. The van der Waals surface area contributed by atoms with E-state index >= 15 is 0 Å². The molecule has 1 aromatic carbocycles. The number of hydrogen-bond acceptors (Lipinski definition) is 1. The predicted molar refractivity (Wildman–Crippen MR) is 76.8 cm³/mol. The summed E-state index contributed by atoms with van der Waals surface area (Å²) in [5.41, 5.74) is 5.40. The van der Waals surface area contributed by atoms with E-state index in [2.05, 4.69) is 43.9 Å². The smallest absolute Gasteiger partial charge is 0.0465 e. The van der Waals surface area contributed by atoms with Crippen molar-refractivity contribution in [3.8, 4) is 0 Å². The summed E-state index contributed by atoms with van der Waals surface area (Å²) in [5, 5.41) is 0. The second-order valence-corrected chi connectivity index (χ2v) is 6.40. The van der Waals surface area contributed by atoms with Gasteiger partial charge in [-0.2, -0.15) is 0 Å². The fourth-order valence-corrected chi connectivity index (χ4v) is 3.79. The van der Waals surface area contributed by atoms with Crippen LogP contribution in [0.4, 0.5) is 0 Å². The normalized spacial score (nSPS) is 21.3. The number of rotatable bonds is 3. The van der Waals surface area contributed by atoms with Crippen LogP contribution in [0.1, 0.15) is 50.3 Å². The van der Waals surface area contributed by atoms with Gasteiger partial charge in [0, 0.05) is 12.1 Å². The van der Waals surface area contributed by atoms with Crippen molar-refractivity contribution >= 4 is 0 Å². The van der Waals surface area contributed by atoms with Crippen molar-refractivity contribution in [3.63, 3.8) is 0 Å². The first-order chi connectivity index (χ1) is 8.67. The van der Waals surface area contributed by atoms with E-state index in [1.807, 2.05) is 0 Å². The number of benzene rings is 1. The first-order valence-electron chi connectivity index (χ1n) is 7.53. The lowest BCUT2D eigenvalue weighted by Gasteiger charge is -2.38. The maximum absolute atomic E-state index is 2.70. The Kier molecular flexibility index (Phi) is 2.97. The zero-order valence-electron chi connectivity index (χ0n) is 12.0. The van der Waals surface area contributed by atoms with Crippen LogP contribution in [-0.2, 0) is 18.4 Å². The van der Waals surface area contributed by atoms with Crippen molar-refractivity contribution in [3.05, 3.63) is 34.9 Å². The molecular weight excluding hydrogens is 218 g/mol. The topological polar surface area (TPSA) is 3.24 Å². The molecule has 0 radical (unpaired) electrons. The molecule has 0 amide bonds. The van der Waals surface area contributed by atoms with Gasteiger partial charge < -0.3 is 0 Å². The van der Waals surface area contributed by atoms with E-state index < -0.39 is 0 Å². The van der Waals surface area contributed by atoms with Gasteiger partial charge in [-0.15, -0.1) is 0 Å². The Balaban J connectivity index is 2.01. The highest BCUT2D eigenvalue weighted by Crippen LogP contribution is 2.54. The van der Waals surface area contributed by atoms with Crippen LogP contribution >= 0.6 is 0 Å². The SMILES string of the molecule is CCN1CCc2c(CC(C)C)cccc2C12CC2. The third-order valence-electron chi connectivity index (χ3n) is 4.74. The Labute approximate surface area is 111 Å². The van der Waals surface area contributed by atoms with Crippen molar-refractivity contribution in [2.24, 2.45) is 5.92 Å². The molecule has 1 nitrogen and oxygen atoms in total. The quantitative estimate of drug-likeness (QED) is 0.781. The molecule has 1 saturated carbocycles. The fourth-order valence-electron chi connectivity index (χ4n) is 3.79. The molecule has 0 bridgehead atoms. The van der Waals surface area contributed by atoms with Crippen LogP contribution in [0.15, 0.2) is 18.2 Å². The van der Waals surface area contributed by atoms with E-state index in [4.69, 9.17) is 0 Å². The molecule has 0 saturated heterocycles. The van der Waals surface area contributed by atoms with Crippen LogP contribution in [0, 0.1) is 5.92 Å². The highest BCUT2D eigenvalue weighted by Gasteiger charge is 2.51. The van der Waals surface area contributed by atoms with E-state index in [1.165, 1.54) is 38.8 Å².